The first-order valence-corrected chi connectivity index (χ1v) is 6.63. The van der Waals surface area contributed by atoms with E-state index in [2.05, 4.69) is 32.0 Å². The van der Waals surface area contributed by atoms with Gasteiger partial charge in [0.2, 0.25) is 0 Å². The zero-order valence-corrected chi connectivity index (χ0v) is 11.0. The number of phenolic OH excluding ortho intramolecular Hbond substituents is 1. The lowest BCUT2D eigenvalue weighted by atomic mass is 9.82. The number of aryl methyl sites for hydroxylation is 4. The molecule has 2 aromatic carbocycles. The standard InChI is InChI=1S/C17H18O/c1-3-12-8-11(2)17-14(9-12)5-4-13-10-15(18)6-7-16(13)17/h6-10,18H,3-5H2,1-2H3. The summed E-state index contributed by atoms with van der Waals surface area (Å²) in [6, 6.07) is 10.4. The Kier molecular flexibility index (Phi) is 2.62. The van der Waals surface area contributed by atoms with Crippen LogP contribution in [-0.4, -0.2) is 5.11 Å². The SMILES string of the molecule is CCc1cc(C)c2c(c1)CCc1cc(O)ccc1-2. The summed E-state index contributed by atoms with van der Waals surface area (Å²) >= 11 is 0. The Labute approximate surface area is 108 Å². The van der Waals surface area contributed by atoms with Crippen LogP contribution in [0.1, 0.15) is 29.2 Å². The molecule has 3 rings (SSSR count). The largest absolute Gasteiger partial charge is 0.508 e. The first-order chi connectivity index (χ1) is 8.69. The number of hydrogen-bond donors (Lipinski definition) is 1. The van der Waals surface area contributed by atoms with Crippen molar-refractivity contribution in [2.24, 2.45) is 0 Å². The van der Waals surface area contributed by atoms with E-state index in [1.807, 2.05) is 6.07 Å². The highest BCUT2D eigenvalue weighted by Crippen LogP contribution is 2.38. The normalized spacial score (nSPS) is 13.0. The number of phenols is 1. The number of aromatic hydroxyl groups is 1. The van der Waals surface area contributed by atoms with Gasteiger partial charge in [-0.1, -0.05) is 25.1 Å². The molecule has 2 aromatic rings. The Bertz CT molecular complexity index is 611. The second-order valence-electron chi connectivity index (χ2n) is 5.14. The summed E-state index contributed by atoms with van der Waals surface area (Å²) in [5.41, 5.74) is 8.20. The second kappa shape index (κ2) is 4.16. The van der Waals surface area contributed by atoms with Gasteiger partial charge in [0.15, 0.2) is 0 Å². The van der Waals surface area contributed by atoms with Gasteiger partial charge in [0.05, 0.1) is 0 Å². The fourth-order valence-corrected chi connectivity index (χ4v) is 3.03. The third-order valence-electron chi connectivity index (χ3n) is 3.91. The fraction of sp³-hybridized carbons (Fsp3) is 0.294. The van der Waals surface area contributed by atoms with Crippen LogP contribution in [0.25, 0.3) is 11.1 Å². The van der Waals surface area contributed by atoms with Crippen molar-refractivity contribution >= 4 is 0 Å². The number of hydrogen-bond acceptors (Lipinski definition) is 1. The molecule has 0 saturated heterocycles. The van der Waals surface area contributed by atoms with Crippen LogP contribution < -0.4 is 0 Å². The zero-order valence-electron chi connectivity index (χ0n) is 11.0. The summed E-state index contributed by atoms with van der Waals surface area (Å²) in [5, 5.41) is 9.59. The number of rotatable bonds is 1. The van der Waals surface area contributed by atoms with Gasteiger partial charge in [-0.25, -0.2) is 0 Å². The van der Waals surface area contributed by atoms with E-state index in [9.17, 15) is 5.11 Å². The highest BCUT2D eigenvalue weighted by atomic mass is 16.3. The van der Waals surface area contributed by atoms with E-state index in [0.29, 0.717) is 5.75 Å². The van der Waals surface area contributed by atoms with Gasteiger partial charge >= 0.3 is 0 Å². The van der Waals surface area contributed by atoms with Gasteiger partial charge in [-0.05, 0) is 71.7 Å². The number of benzene rings is 2. The van der Waals surface area contributed by atoms with Gasteiger partial charge in [0.25, 0.3) is 0 Å². The lowest BCUT2D eigenvalue weighted by Crippen LogP contribution is -2.06. The van der Waals surface area contributed by atoms with Gasteiger partial charge in [-0.15, -0.1) is 0 Å². The molecule has 0 saturated carbocycles. The molecule has 1 heteroatoms. The quantitative estimate of drug-likeness (QED) is 0.795. The monoisotopic (exact) mass is 238 g/mol. The first-order valence-electron chi connectivity index (χ1n) is 6.63. The molecule has 1 N–H and O–H groups in total. The molecule has 0 atom stereocenters. The molecule has 1 aliphatic carbocycles. The van der Waals surface area contributed by atoms with E-state index in [0.717, 1.165) is 19.3 Å². The fourth-order valence-electron chi connectivity index (χ4n) is 3.03. The van der Waals surface area contributed by atoms with Crippen LogP contribution in [0.3, 0.4) is 0 Å². The maximum Gasteiger partial charge on any atom is 0.115 e. The molecule has 0 aromatic heterocycles. The summed E-state index contributed by atoms with van der Waals surface area (Å²) in [6.07, 6.45) is 3.21. The van der Waals surface area contributed by atoms with Crippen molar-refractivity contribution < 1.29 is 5.11 Å². The Morgan fingerprint density at radius 1 is 1.06 bits per heavy atom. The third-order valence-corrected chi connectivity index (χ3v) is 3.91. The molecule has 0 amide bonds. The third kappa shape index (κ3) is 1.71. The predicted molar refractivity (Wildman–Crippen MR) is 75.1 cm³/mol. The van der Waals surface area contributed by atoms with E-state index in [1.165, 1.54) is 33.4 Å². The van der Waals surface area contributed by atoms with Crippen molar-refractivity contribution in [3.8, 4) is 16.9 Å². The lowest BCUT2D eigenvalue weighted by Gasteiger charge is -2.23. The molecule has 0 unspecified atom stereocenters. The lowest BCUT2D eigenvalue weighted by molar-refractivity contribution is 0.474. The average Bonchev–Trinajstić information content (AvgIpc) is 2.37. The van der Waals surface area contributed by atoms with Gasteiger partial charge in [-0.3, -0.25) is 0 Å². The minimum absolute atomic E-state index is 0.375. The van der Waals surface area contributed by atoms with Crippen molar-refractivity contribution in [2.45, 2.75) is 33.1 Å². The molecule has 1 aliphatic rings. The molecule has 92 valence electrons. The topological polar surface area (TPSA) is 20.2 Å². The highest BCUT2D eigenvalue weighted by Gasteiger charge is 2.18. The van der Waals surface area contributed by atoms with Crippen LogP contribution >= 0.6 is 0 Å². The van der Waals surface area contributed by atoms with E-state index >= 15 is 0 Å². The van der Waals surface area contributed by atoms with Crippen molar-refractivity contribution in [3.63, 3.8) is 0 Å². The summed E-state index contributed by atoms with van der Waals surface area (Å²) in [6.45, 7) is 4.40. The van der Waals surface area contributed by atoms with Crippen LogP contribution in [0.4, 0.5) is 0 Å². The van der Waals surface area contributed by atoms with E-state index < -0.39 is 0 Å². The van der Waals surface area contributed by atoms with Crippen molar-refractivity contribution in [1.29, 1.82) is 0 Å². The van der Waals surface area contributed by atoms with Gasteiger partial charge in [0, 0.05) is 0 Å². The smallest absolute Gasteiger partial charge is 0.115 e. The predicted octanol–water partition coefficient (Wildman–Crippen LogP) is 4.03. The summed E-state index contributed by atoms with van der Waals surface area (Å²) in [4.78, 5) is 0. The molecule has 0 heterocycles. The van der Waals surface area contributed by atoms with Gasteiger partial charge < -0.3 is 5.11 Å². The number of fused-ring (bicyclic) bond motifs is 3. The summed E-state index contributed by atoms with van der Waals surface area (Å²) < 4.78 is 0. The van der Waals surface area contributed by atoms with Crippen molar-refractivity contribution in [1.82, 2.24) is 0 Å². The highest BCUT2D eigenvalue weighted by molar-refractivity contribution is 5.77. The van der Waals surface area contributed by atoms with E-state index in [-0.39, 0.29) is 0 Å². The minimum Gasteiger partial charge on any atom is -0.508 e. The zero-order chi connectivity index (χ0) is 12.7. The second-order valence-corrected chi connectivity index (χ2v) is 5.14. The Hall–Kier alpha value is -1.76. The van der Waals surface area contributed by atoms with E-state index in [1.54, 1.807) is 6.07 Å². The molecular formula is C17H18O. The molecule has 0 radical (unpaired) electrons. The van der Waals surface area contributed by atoms with E-state index in [4.69, 9.17) is 0 Å². The van der Waals surface area contributed by atoms with Gasteiger partial charge in [-0.2, -0.15) is 0 Å². The molecule has 0 bridgehead atoms. The van der Waals surface area contributed by atoms with Crippen molar-refractivity contribution in [3.05, 3.63) is 52.6 Å². The summed E-state index contributed by atoms with van der Waals surface area (Å²) in [5.74, 6) is 0.375. The van der Waals surface area contributed by atoms with Crippen LogP contribution in [-0.2, 0) is 19.3 Å². The minimum atomic E-state index is 0.375. The first kappa shape index (κ1) is 11.3. The molecule has 1 nitrogen and oxygen atoms in total. The van der Waals surface area contributed by atoms with Crippen LogP contribution in [0.5, 0.6) is 5.75 Å². The Morgan fingerprint density at radius 2 is 1.83 bits per heavy atom. The Morgan fingerprint density at radius 3 is 2.61 bits per heavy atom. The molecule has 0 spiro atoms. The van der Waals surface area contributed by atoms with Crippen LogP contribution in [0.15, 0.2) is 30.3 Å². The maximum absolute atomic E-state index is 9.59. The van der Waals surface area contributed by atoms with Crippen LogP contribution in [0.2, 0.25) is 0 Å². The molecule has 0 fully saturated rings. The Balaban J connectivity index is 2.24. The molecular weight excluding hydrogens is 220 g/mol. The maximum atomic E-state index is 9.59. The van der Waals surface area contributed by atoms with Crippen LogP contribution in [0, 0.1) is 6.92 Å². The average molecular weight is 238 g/mol. The van der Waals surface area contributed by atoms with Gasteiger partial charge in [0.1, 0.15) is 5.75 Å². The van der Waals surface area contributed by atoms with Crippen molar-refractivity contribution in [2.75, 3.05) is 0 Å². The molecule has 0 aliphatic heterocycles. The summed E-state index contributed by atoms with van der Waals surface area (Å²) in [7, 11) is 0. The molecule has 18 heavy (non-hydrogen) atoms.